The Balaban J connectivity index is 1.91. The molecule has 19 heavy (non-hydrogen) atoms. The molecule has 1 atom stereocenters. The number of carbonyl (C=O) groups excluding carboxylic acids is 2. The van der Waals surface area contributed by atoms with Gasteiger partial charge in [-0.1, -0.05) is 29.5 Å². The molecule has 2 amide bonds. The molecule has 1 aromatic rings. The van der Waals surface area contributed by atoms with Crippen molar-refractivity contribution < 1.29 is 9.59 Å². The minimum absolute atomic E-state index is 0.142. The first-order valence-corrected chi connectivity index (χ1v) is 6.77. The summed E-state index contributed by atoms with van der Waals surface area (Å²) < 4.78 is 0. The molecular weight excluding hydrogens is 262 g/mol. The Labute approximate surface area is 115 Å². The number of aliphatic imine (C=N–C) groups is 1. The lowest BCUT2D eigenvalue weighted by molar-refractivity contribution is -0.122. The number of hydrogen-bond acceptors (Lipinski definition) is 4. The molecule has 5 nitrogen and oxygen atoms in total. The van der Waals surface area contributed by atoms with Gasteiger partial charge in [0.15, 0.2) is 5.17 Å². The molecule has 0 aromatic heterocycles. The van der Waals surface area contributed by atoms with E-state index in [0.717, 1.165) is 11.3 Å². The van der Waals surface area contributed by atoms with Gasteiger partial charge >= 0.3 is 0 Å². The molecular formula is C13H15N3O2S. The van der Waals surface area contributed by atoms with Gasteiger partial charge in [-0.25, -0.2) is 0 Å². The maximum absolute atomic E-state index is 11.8. The maximum atomic E-state index is 11.8. The fourth-order valence-electron chi connectivity index (χ4n) is 1.66. The Bertz CT molecular complexity index is 525. The summed E-state index contributed by atoms with van der Waals surface area (Å²) in [7, 11) is 1.61. The standard InChI is InChI=1S/C13H15N3O2S/c1-8-3-5-9(6-4-8)15-11(17)7-10-12(18)16-13(14-2)19-10/h3-6,10H,7H2,1-2H3,(H,15,17)(H,14,16,18). The SMILES string of the molecule is CN=C1NC(=O)C(CC(=O)Nc2ccc(C)cc2)S1. The summed E-state index contributed by atoms with van der Waals surface area (Å²) in [5.74, 6) is -0.335. The summed E-state index contributed by atoms with van der Waals surface area (Å²) in [5.41, 5.74) is 1.87. The number of rotatable bonds is 3. The van der Waals surface area contributed by atoms with Gasteiger partial charge in [0.05, 0.1) is 0 Å². The Morgan fingerprint density at radius 2 is 2.11 bits per heavy atom. The molecule has 1 aliphatic rings. The second-order valence-corrected chi connectivity index (χ2v) is 5.43. The van der Waals surface area contributed by atoms with Crippen LogP contribution in [0, 0.1) is 6.92 Å². The van der Waals surface area contributed by atoms with Crippen LogP contribution in [-0.4, -0.2) is 29.3 Å². The molecule has 100 valence electrons. The smallest absolute Gasteiger partial charge is 0.240 e. The van der Waals surface area contributed by atoms with Gasteiger partial charge in [0.25, 0.3) is 0 Å². The molecule has 1 heterocycles. The molecule has 1 fully saturated rings. The van der Waals surface area contributed by atoms with Crippen LogP contribution < -0.4 is 10.6 Å². The number of thioether (sulfide) groups is 1. The fourth-order valence-corrected chi connectivity index (χ4v) is 2.60. The van der Waals surface area contributed by atoms with Crippen LogP contribution in [0.2, 0.25) is 0 Å². The number of nitrogens with zero attached hydrogens (tertiary/aromatic N) is 1. The van der Waals surface area contributed by atoms with Crippen molar-refractivity contribution in [1.82, 2.24) is 5.32 Å². The number of hydrogen-bond donors (Lipinski definition) is 2. The van der Waals surface area contributed by atoms with Gasteiger partial charge in [-0.2, -0.15) is 0 Å². The summed E-state index contributed by atoms with van der Waals surface area (Å²) in [6.07, 6.45) is 0.142. The number of anilines is 1. The van der Waals surface area contributed by atoms with E-state index >= 15 is 0 Å². The summed E-state index contributed by atoms with van der Waals surface area (Å²) >= 11 is 1.29. The zero-order valence-electron chi connectivity index (χ0n) is 10.8. The van der Waals surface area contributed by atoms with E-state index in [1.807, 2.05) is 31.2 Å². The zero-order valence-corrected chi connectivity index (χ0v) is 11.6. The molecule has 1 saturated heterocycles. The van der Waals surface area contributed by atoms with Crippen molar-refractivity contribution in [2.75, 3.05) is 12.4 Å². The molecule has 2 rings (SSSR count). The van der Waals surface area contributed by atoms with E-state index in [4.69, 9.17) is 0 Å². The van der Waals surface area contributed by atoms with Crippen molar-refractivity contribution in [3.63, 3.8) is 0 Å². The average molecular weight is 277 g/mol. The highest BCUT2D eigenvalue weighted by Gasteiger charge is 2.31. The first-order valence-electron chi connectivity index (χ1n) is 5.89. The minimum Gasteiger partial charge on any atom is -0.326 e. The lowest BCUT2D eigenvalue weighted by atomic mass is 10.2. The number of nitrogens with one attached hydrogen (secondary N) is 2. The van der Waals surface area contributed by atoms with Crippen LogP contribution in [0.4, 0.5) is 5.69 Å². The summed E-state index contributed by atoms with van der Waals surface area (Å²) in [4.78, 5) is 27.3. The van der Waals surface area contributed by atoms with Gasteiger partial charge in [-0.3, -0.25) is 14.6 Å². The molecule has 0 spiro atoms. The van der Waals surface area contributed by atoms with Crippen molar-refractivity contribution >= 4 is 34.4 Å². The van der Waals surface area contributed by atoms with E-state index in [1.165, 1.54) is 11.8 Å². The van der Waals surface area contributed by atoms with Crippen LogP contribution >= 0.6 is 11.8 Å². The number of benzene rings is 1. The first kappa shape index (κ1) is 13.6. The second-order valence-electron chi connectivity index (χ2n) is 4.24. The Hall–Kier alpha value is -1.82. The molecule has 0 bridgehead atoms. The molecule has 2 N–H and O–H groups in total. The normalized spacial score (nSPS) is 20.4. The Morgan fingerprint density at radius 3 is 2.68 bits per heavy atom. The minimum atomic E-state index is -0.399. The van der Waals surface area contributed by atoms with E-state index in [2.05, 4.69) is 15.6 Å². The molecule has 1 unspecified atom stereocenters. The van der Waals surface area contributed by atoms with Crippen LogP contribution in [0.25, 0.3) is 0 Å². The zero-order chi connectivity index (χ0) is 13.8. The molecule has 1 aliphatic heterocycles. The molecule has 0 radical (unpaired) electrons. The van der Waals surface area contributed by atoms with Crippen molar-refractivity contribution in [3.8, 4) is 0 Å². The number of amides is 2. The number of amidine groups is 1. The predicted molar refractivity (Wildman–Crippen MR) is 77.3 cm³/mol. The molecule has 6 heteroatoms. The summed E-state index contributed by atoms with van der Waals surface area (Å²) in [6, 6.07) is 7.53. The summed E-state index contributed by atoms with van der Waals surface area (Å²) in [5, 5.41) is 5.57. The van der Waals surface area contributed by atoms with Gasteiger partial charge in [0, 0.05) is 19.2 Å². The van der Waals surface area contributed by atoms with Gasteiger partial charge < -0.3 is 10.6 Å². The van der Waals surface area contributed by atoms with E-state index in [9.17, 15) is 9.59 Å². The molecule has 1 aromatic carbocycles. The lowest BCUT2D eigenvalue weighted by Gasteiger charge is -2.07. The van der Waals surface area contributed by atoms with Crippen molar-refractivity contribution in [2.45, 2.75) is 18.6 Å². The van der Waals surface area contributed by atoms with Crippen LogP contribution in [0.15, 0.2) is 29.3 Å². The molecule has 0 aliphatic carbocycles. The largest absolute Gasteiger partial charge is 0.326 e. The van der Waals surface area contributed by atoms with Crippen molar-refractivity contribution in [2.24, 2.45) is 4.99 Å². The maximum Gasteiger partial charge on any atom is 0.240 e. The Kier molecular flexibility index (Phi) is 4.21. The van der Waals surface area contributed by atoms with Crippen molar-refractivity contribution in [3.05, 3.63) is 29.8 Å². The third-order valence-corrected chi connectivity index (χ3v) is 3.86. The third-order valence-electron chi connectivity index (χ3n) is 2.69. The highest BCUT2D eigenvalue weighted by atomic mass is 32.2. The van der Waals surface area contributed by atoms with E-state index in [-0.39, 0.29) is 18.2 Å². The van der Waals surface area contributed by atoms with E-state index in [0.29, 0.717) is 5.17 Å². The fraction of sp³-hybridized carbons (Fsp3) is 0.308. The van der Waals surface area contributed by atoms with Gasteiger partial charge in [-0.15, -0.1) is 0 Å². The highest BCUT2D eigenvalue weighted by Crippen LogP contribution is 2.22. The monoisotopic (exact) mass is 277 g/mol. The average Bonchev–Trinajstić information content (AvgIpc) is 2.73. The number of carbonyl (C=O) groups is 2. The van der Waals surface area contributed by atoms with Crippen LogP contribution in [0.5, 0.6) is 0 Å². The van der Waals surface area contributed by atoms with Crippen LogP contribution in [-0.2, 0) is 9.59 Å². The third kappa shape index (κ3) is 3.57. The second kappa shape index (κ2) is 5.88. The first-order chi connectivity index (χ1) is 9.08. The Morgan fingerprint density at radius 1 is 1.42 bits per heavy atom. The van der Waals surface area contributed by atoms with E-state index < -0.39 is 5.25 Å². The van der Waals surface area contributed by atoms with E-state index in [1.54, 1.807) is 7.05 Å². The van der Waals surface area contributed by atoms with Gasteiger partial charge in [0.1, 0.15) is 5.25 Å². The van der Waals surface area contributed by atoms with Crippen molar-refractivity contribution in [1.29, 1.82) is 0 Å². The predicted octanol–water partition coefficient (Wildman–Crippen LogP) is 1.54. The molecule has 0 saturated carbocycles. The topological polar surface area (TPSA) is 70.6 Å². The lowest BCUT2D eigenvalue weighted by Crippen LogP contribution is -2.28. The van der Waals surface area contributed by atoms with Crippen LogP contribution in [0.3, 0.4) is 0 Å². The van der Waals surface area contributed by atoms with Gasteiger partial charge in [-0.05, 0) is 19.1 Å². The summed E-state index contributed by atoms with van der Waals surface area (Å²) in [6.45, 7) is 1.98. The quantitative estimate of drug-likeness (QED) is 0.880. The highest BCUT2D eigenvalue weighted by molar-refractivity contribution is 8.15. The number of aryl methyl sites for hydroxylation is 1. The van der Waals surface area contributed by atoms with Crippen LogP contribution in [0.1, 0.15) is 12.0 Å². The van der Waals surface area contributed by atoms with Gasteiger partial charge in [0.2, 0.25) is 11.8 Å².